The van der Waals surface area contributed by atoms with Crippen molar-refractivity contribution in [2.45, 2.75) is 0 Å². The standard InChI is InChI=1S/C5H9N5.ClHO4/c1-10-5(9-7)2-4(6)3-8-10;2-1(3,4)5/h2-3H,1H3,(H4,6,7,8,9);(H,2,3,4,5). The zero-order chi connectivity index (χ0) is 12.1. The van der Waals surface area contributed by atoms with Crippen LogP contribution in [0.2, 0.25) is 0 Å². The third-order valence-electron chi connectivity index (χ3n) is 1.18. The third kappa shape index (κ3) is 7.81. The van der Waals surface area contributed by atoms with Crippen molar-refractivity contribution in [3.8, 4) is 0 Å². The number of nitrogens with two attached hydrogens (primary N) is 2. The predicted molar refractivity (Wildman–Crippen MR) is 37.6 cm³/mol. The second-order valence-corrected chi connectivity index (χ2v) is 3.08. The average molecular weight is 240 g/mol. The lowest BCUT2D eigenvalue weighted by molar-refractivity contribution is -2.00. The van der Waals surface area contributed by atoms with Crippen molar-refractivity contribution in [1.82, 2.24) is 5.10 Å². The van der Waals surface area contributed by atoms with Gasteiger partial charge in [-0.1, -0.05) is 5.10 Å². The summed E-state index contributed by atoms with van der Waals surface area (Å²) in [5, 5.41) is 3.90. The molecule has 15 heavy (non-hydrogen) atoms. The van der Waals surface area contributed by atoms with Gasteiger partial charge in [0, 0.05) is 0 Å². The lowest BCUT2D eigenvalue weighted by Gasteiger charge is -2.17. The van der Waals surface area contributed by atoms with Gasteiger partial charge in [-0.2, -0.15) is 11.3 Å². The molecule has 1 heterocycles. The number of aromatic nitrogens is 2. The van der Waals surface area contributed by atoms with E-state index in [2.05, 4.69) is 10.5 Å². The van der Waals surface area contributed by atoms with Gasteiger partial charge in [-0.25, -0.2) is 18.6 Å². The lowest BCUT2D eigenvalue weighted by atomic mass is 10.5. The van der Waals surface area contributed by atoms with E-state index in [4.69, 9.17) is 30.2 Å². The van der Waals surface area contributed by atoms with Crippen LogP contribution >= 0.6 is 0 Å². The summed E-state index contributed by atoms with van der Waals surface area (Å²) in [4.78, 5) is 0. The number of rotatable bonds is 1. The van der Waals surface area contributed by atoms with Gasteiger partial charge in [0.1, 0.15) is 7.05 Å². The van der Waals surface area contributed by atoms with Gasteiger partial charge in [-0.3, -0.25) is 0 Å². The molecule has 0 saturated heterocycles. The first-order valence-corrected chi connectivity index (χ1v) is 4.67. The molecule has 0 amide bonds. The fourth-order valence-electron chi connectivity index (χ4n) is 0.639. The van der Waals surface area contributed by atoms with E-state index in [0.717, 1.165) is 0 Å². The van der Waals surface area contributed by atoms with Crippen molar-refractivity contribution >= 4 is 11.5 Å². The fraction of sp³-hybridized carbons (Fsp3) is 0.200. The predicted octanol–water partition coefficient (Wildman–Crippen LogP) is -5.98. The highest BCUT2D eigenvalue weighted by Crippen LogP contribution is 2.00. The Labute approximate surface area is 87.3 Å². The van der Waals surface area contributed by atoms with Crippen LogP contribution in [0.15, 0.2) is 12.3 Å². The average Bonchev–Trinajstić information content (AvgIpc) is 2.06. The first-order chi connectivity index (χ1) is 6.74. The van der Waals surface area contributed by atoms with Crippen LogP contribution in [-0.4, -0.2) is 5.10 Å². The normalized spacial score (nSPS) is 10.3. The Bertz CT molecular complexity index is 311. The molecule has 0 aliphatic heterocycles. The molecule has 0 saturated carbocycles. The molecule has 0 aliphatic rings. The number of halogens is 1. The van der Waals surface area contributed by atoms with E-state index in [1.165, 1.54) is 0 Å². The molecule has 0 aromatic carbocycles. The Balaban J connectivity index is 0.000000336. The summed E-state index contributed by atoms with van der Waals surface area (Å²) in [7, 11) is -3.17. The van der Waals surface area contributed by atoms with Crippen molar-refractivity contribution < 1.29 is 33.6 Å². The van der Waals surface area contributed by atoms with Gasteiger partial charge in [-0.05, 0) is 0 Å². The van der Waals surface area contributed by atoms with Gasteiger partial charge in [0.25, 0.3) is 0 Å². The van der Waals surface area contributed by atoms with Crippen LogP contribution in [0.1, 0.15) is 0 Å². The van der Waals surface area contributed by atoms with Crippen LogP contribution < -0.4 is 40.3 Å². The minimum absolute atomic E-state index is 0.589. The Morgan fingerprint density at radius 3 is 2.20 bits per heavy atom. The van der Waals surface area contributed by atoms with E-state index >= 15 is 0 Å². The van der Waals surface area contributed by atoms with E-state index in [9.17, 15) is 0 Å². The molecule has 0 fully saturated rings. The van der Waals surface area contributed by atoms with Crippen LogP contribution in [0, 0.1) is 10.2 Å². The Hall–Kier alpha value is -1.23. The summed E-state index contributed by atoms with van der Waals surface area (Å²) in [6.07, 6.45) is 1.56. The minimum Gasteiger partial charge on any atom is -0.397 e. The molecule has 0 bridgehead atoms. The van der Waals surface area contributed by atoms with Gasteiger partial charge >= 0.3 is 5.82 Å². The maximum atomic E-state index is 8.49. The summed E-state index contributed by atoms with van der Waals surface area (Å²) >= 11 is 0. The molecule has 1 rings (SSSR count). The minimum atomic E-state index is -4.94. The number of nitrogens with zero attached hydrogens (tertiary/aromatic N) is 2. The van der Waals surface area contributed by atoms with Crippen LogP contribution in [0.5, 0.6) is 0 Å². The maximum absolute atomic E-state index is 8.49. The highest BCUT2D eigenvalue weighted by atomic mass is 35.7. The van der Waals surface area contributed by atoms with Crippen LogP contribution in [-0.2, 0) is 7.05 Å². The van der Waals surface area contributed by atoms with Crippen molar-refractivity contribution in [1.29, 1.82) is 0 Å². The smallest absolute Gasteiger partial charge is 0.314 e. The molecule has 9 nitrogen and oxygen atoms in total. The summed E-state index contributed by atoms with van der Waals surface area (Å²) in [6, 6.07) is 1.70. The number of nitrogen functional groups attached to an aromatic ring is 2. The van der Waals surface area contributed by atoms with E-state index in [1.54, 1.807) is 24.0 Å². The van der Waals surface area contributed by atoms with Crippen LogP contribution in [0.3, 0.4) is 0 Å². The fourth-order valence-corrected chi connectivity index (χ4v) is 0.639. The van der Waals surface area contributed by atoms with E-state index < -0.39 is 10.2 Å². The molecular weight excluding hydrogens is 230 g/mol. The number of hydrazine groups is 1. The quantitative estimate of drug-likeness (QED) is 0.247. The number of hydrogen-bond acceptors (Lipinski definition) is 8. The van der Waals surface area contributed by atoms with Gasteiger partial charge in [0.2, 0.25) is 0 Å². The molecule has 0 spiro atoms. The molecule has 1 aromatic rings. The molecular formula is C5H10ClN5O4. The molecule has 5 N–H and O–H groups in total. The van der Waals surface area contributed by atoms with Gasteiger partial charge in [0.15, 0.2) is 0 Å². The molecule has 0 unspecified atom stereocenters. The molecule has 1 aromatic heterocycles. The molecule has 0 atom stereocenters. The summed E-state index contributed by atoms with van der Waals surface area (Å²) in [5.74, 6) is 5.83. The Kier molecular flexibility index (Phi) is 5.14. The first kappa shape index (κ1) is 13.8. The van der Waals surface area contributed by atoms with Crippen molar-refractivity contribution in [2.24, 2.45) is 12.9 Å². The third-order valence-corrected chi connectivity index (χ3v) is 1.18. The monoisotopic (exact) mass is 239 g/mol. The first-order valence-electron chi connectivity index (χ1n) is 3.44. The van der Waals surface area contributed by atoms with E-state index in [0.29, 0.717) is 11.5 Å². The second kappa shape index (κ2) is 5.60. The second-order valence-electron chi connectivity index (χ2n) is 2.32. The zero-order valence-corrected chi connectivity index (χ0v) is 8.47. The largest absolute Gasteiger partial charge is 0.397 e. The maximum Gasteiger partial charge on any atom is 0.314 e. The number of hydrogen-bond donors (Lipinski definition) is 3. The van der Waals surface area contributed by atoms with E-state index in [-0.39, 0.29) is 0 Å². The van der Waals surface area contributed by atoms with Crippen LogP contribution in [0.4, 0.5) is 11.5 Å². The zero-order valence-electron chi connectivity index (χ0n) is 7.71. The Morgan fingerprint density at radius 2 is 1.87 bits per heavy atom. The topological polar surface area (TPSA) is 173 Å². The number of aryl methyl sites for hydroxylation is 1. The molecule has 86 valence electrons. The number of nitrogens with one attached hydrogen (secondary N) is 1. The highest BCUT2D eigenvalue weighted by molar-refractivity contribution is 5.42. The van der Waals surface area contributed by atoms with Gasteiger partial charge < -0.3 is 5.73 Å². The van der Waals surface area contributed by atoms with Crippen molar-refractivity contribution in [3.05, 3.63) is 12.3 Å². The Morgan fingerprint density at radius 1 is 1.40 bits per heavy atom. The summed E-state index contributed by atoms with van der Waals surface area (Å²) in [5.41, 5.74) is 8.48. The summed E-state index contributed by atoms with van der Waals surface area (Å²) in [6.45, 7) is 0. The van der Waals surface area contributed by atoms with Gasteiger partial charge in [-0.15, -0.1) is 14.9 Å². The van der Waals surface area contributed by atoms with Crippen molar-refractivity contribution in [3.63, 3.8) is 0 Å². The van der Waals surface area contributed by atoms with Crippen LogP contribution in [0.25, 0.3) is 0 Å². The summed E-state index contributed by atoms with van der Waals surface area (Å²) < 4.78 is 35.6. The molecule has 10 heteroatoms. The van der Waals surface area contributed by atoms with Crippen molar-refractivity contribution in [2.75, 3.05) is 11.2 Å². The molecule has 0 radical (unpaired) electrons. The molecule has 0 aliphatic carbocycles. The van der Waals surface area contributed by atoms with Gasteiger partial charge in [0.05, 0.1) is 18.0 Å². The number of anilines is 2. The van der Waals surface area contributed by atoms with E-state index in [1.807, 2.05) is 0 Å². The SMILES string of the molecule is C[n+]1ncc(N)cc1NN.[O-][Cl+3]([O-])([O-])[O-]. The lowest BCUT2D eigenvalue weighted by Crippen LogP contribution is -2.68. The highest BCUT2D eigenvalue weighted by Gasteiger charge is 2.02.